The van der Waals surface area contributed by atoms with Gasteiger partial charge in [0.1, 0.15) is 0 Å². The highest BCUT2D eigenvalue weighted by molar-refractivity contribution is 5.67. The standard InChI is InChI=1S/C13H25NO2/c1-3-4-5-7-11(2)14-9-6-8-12(14)10-13(15)16/h11-12H,3-10H2,1-2H3,(H,15,16). The van der Waals surface area contributed by atoms with Crippen LogP contribution >= 0.6 is 0 Å². The Labute approximate surface area is 98.8 Å². The van der Waals surface area contributed by atoms with E-state index in [1.54, 1.807) is 0 Å². The summed E-state index contributed by atoms with van der Waals surface area (Å²) in [5, 5.41) is 8.86. The molecule has 0 aromatic rings. The molecule has 1 aliphatic heterocycles. The smallest absolute Gasteiger partial charge is 0.304 e. The van der Waals surface area contributed by atoms with Gasteiger partial charge in [0.2, 0.25) is 0 Å². The SMILES string of the molecule is CCCCCC(C)N1CCCC1CC(=O)O. The number of aliphatic carboxylic acids is 1. The fourth-order valence-electron chi connectivity index (χ4n) is 2.71. The Kier molecular flexibility index (Phi) is 5.81. The molecule has 1 saturated heterocycles. The molecule has 0 aromatic heterocycles. The van der Waals surface area contributed by atoms with E-state index < -0.39 is 5.97 Å². The highest BCUT2D eigenvalue weighted by atomic mass is 16.4. The van der Waals surface area contributed by atoms with Crippen LogP contribution in [-0.4, -0.2) is 34.6 Å². The van der Waals surface area contributed by atoms with E-state index >= 15 is 0 Å². The first-order chi connectivity index (χ1) is 7.65. The minimum atomic E-state index is -0.655. The molecule has 2 atom stereocenters. The Balaban J connectivity index is 2.34. The van der Waals surface area contributed by atoms with E-state index in [-0.39, 0.29) is 6.04 Å². The van der Waals surface area contributed by atoms with Gasteiger partial charge in [0.25, 0.3) is 0 Å². The number of rotatable bonds is 7. The molecule has 2 unspecified atom stereocenters. The van der Waals surface area contributed by atoms with Crippen LogP contribution in [0.25, 0.3) is 0 Å². The molecule has 0 bridgehead atoms. The lowest BCUT2D eigenvalue weighted by molar-refractivity contribution is -0.138. The predicted molar refractivity (Wildman–Crippen MR) is 65.6 cm³/mol. The number of carboxylic acids is 1. The first kappa shape index (κ1) is 13.5. The summed E-state index contributed by atoms with van der Waals surface area (Å²) in [7, 11) is 0. The van der Waals surface area contributed by atoms with Crippen molar-refractivity contribution in [1.29, 1.82) is 0 Å². The van der Waals surface area contributed by atoms with Crippen molar-refractivity contribution in [3.05, 3.63) is 0 Å². The van der Waals surface area contributed by atoms with Crippen molar-refractivity contribution < 1.29 is 9.90 Å². The van der Waals surface area contributed by atoms with Crippen molar-refractivity contribution in [2.24, 2.45) is 0 Å². The van der Waals surface area contributed by atoms with Crippen molar-refractivity contribution in [1.82, 2.24) is 4.90 Å². The predicted octanol–water partition coefficient (Wildman–Crippen LogP) is 2.89. The Morgan fingerprint density at radius 1 is 1.50 bits per heavy atom. The monoisotopic (exact) mass is 227 g/mol. The van der Waals surface area contributed by atoms with Crippen LogP contribution in [0.4, 0.5) is 0 Å². The average Bonchev–Trinajstić information content (AvgIpc) is 2.65. The van der Waals surface area contributed by atoms with Crippen molar-refractivity contribution in [3.8, 4) is 0 Å². The molecular formula is C13H25NO2. The lowest BCUT2D eigenvalue weighted by atomic mass is 10.1. The summed E-state index contributed by atoms with van der Waals surface area (Å²) in [6, 6.07) is 0.840. The quantitative estimate of drug-likeness (QED) is 0.680. The summed E-state index contributed by atoms with van der Waals surface area (Å²) in [6.45, 7) is 5.55. The molecule has 3 nitrogen and oxygen atoms in total. The highest BCUT2D eigenvalue weighted by Gasteiger charge is 2.29. The highest BCUT2D eigenvalue weighted by Crippen LogP contribution is 2.24. The minimum Gasteiger partial charge on any atom is -0.481 e. The summed E-state index contributed by atoms with van der Waals surface area (Å²) in [6.07, 6.45) is 7.57. The molecule has 3 heteroatoms. The third-order valence-corrected chi connectivity index (χ3v) is 3.62. The van der Waals surface area contributed by atoms with Gasteiger partial charge < -0.3 is 5.11 Å². The number of carbonyl (C=O) groups is 1. The molecular weight excluding hydrogens is 202 g/mol. The molecule has 0 amide bonds. The molecule has 0 aromatic carbocycles. The maximum absolute atomic E-state index is 10.8. The summed E-state index contributed by atoms with van der Waals surface area (Å²) in [5.74, 6) is -0.655. The van der Waals surface area contributed by atoms with E-state index in [2.05, 4.69) is 18.7 Å². The van der Waals surface area contributed by atoms with Crippen LogP contribution in [0.5, 0.6) is 0 Å². The molecule has 0 saturated carbocycles. The van der Waals surface area contributed by atoms with Gasteiger partial charge in [0.15, 0.2) is 0 Å². The van der Waals surface area contributed by atoms with Crippen molar-refractivity contribution in [3.63, 3.8) is 0 Å². The number of nitrogens with zero attached hydrogens (tertiary/aromatic N) is 1. The molecule has 1 aliphatic rings. The molecule has 94 valence electrons. The van der Waals surface area contributed by atoms with Gasteiger partial charge in [-0.05, 0) is 32.7 Å². The van der Waals surface area contributed by atoms with Gasteiger partial charge >= 0.3 is 5.97 Å². The molecule has 1 heterocycles. The van der Waals surface area contributed by atoms with Crippen LogP contribution in [0.1, 0.15) is 58.8 Å². The maximum Gasteiger partial charge on any atom is 0.304 e. The lowest BCUT2D eigenvalue weighted by Gasteiger charge is -2.30. The topological polar surface area (TPSA) is 40.5 Å². The van der Waals surface area contributed by atoms with E-state index in [0.717, 1.165) is 19.4 Å². The zero-order valence-electron chi connectivity index (χ0n) is 10.6. The van der Waals surface area contributed by atoms with E-state index in [1.807, 2.05) is 0 Å². The molecule has 1 N–H and O–H groups in total. The van der Waals surface area contributed by atoms with Crippen molar-refractivity contribution in [2.45, 2.75) is 70.9 Å². The van der Waals surface area contributed by atoms with Crippen LogP contribution in [0.3, 0.4) is 0 Å². The van der Waals surface area contributed by atoms with Gasteiger partial charge in [-0.15, -0.1) is 0 Å². The number of hydrogen-bond acceptors (Lipinski definition) is 2. The summed E-state index contributed by atoms with van der Waals surface area (Å²) < 4.78 is 0. The van der Waals surface area contributed by atoms with E-state index in [1.165, 1.54) is 25.7 Å². The largest absolute Gasteiger partial charge is 0.481 e. The third kappa shape index (κ3) is 4.12. The third-order valence-electron chi connectivity index (χ3n) is 3.62. The second-order valence-electron chi connectivity index (χ2n) is 4.98. The average molecular weight is 227 g/mol. The van der Waals surface area contributed by atoms with Gasteiger partial charge in [0, 0.05) is 12.1 Å². The lowest BCUT2D eigenvalue weighted by Crippen LogP contribution is -2.38. The first-order valence-corrected chi connectivity index (χ1v) is 6.62. The molecule has 0 aliphatic carbocycles. The first-order valence-electron chi connectivity index (χ1n) is 6.62. The van der Waals surface area contributed by atoms with Crippen LogP contribution in [-0.2, 0) is 4.79 Å². The Bertz CT molecular complexity index is 218. The van der Waals surface area contributed by atoms with Crippen LogP contribution < -0.4 is 0 Å². The van der Waals surface area contributed by atoms with Crippen LogP contribution in [0.15, 0.2) is 0 Å². The van der Waals surface area contributed by atoms with Crippen LogP contribution in [0.2, 0.25) is 0 Å². The van der Waals surface area contributed by atoms with Gasteiger partial charge in [-0.3, -0.25) is 9.69 Å². The van der Waals surface area contributed by atoms with Crippen LogP contribution in [0, 0.1) is 0 Å². The number of hydrogen-bond donors (Lipinski definition) is 1. The number of unbranched alkanes of at least 4 members (excludes halogenated alkanes) is 2. The summed E-state index contributed by atoms with van der Waals surface area (Å²) in [5.41, 5.74) is 0. The second kappa shape index (κ2) is 6.89. The fourth-order valence-corrected chi connectivity index (χ4v) is 2.71. The zero-order valence-corrected chi connectivity index (χ0v) is 10.6. The molecule has 0 spiro atoms. The van der Waals surface area contributed by atoms with Crippen molar-refractivity contribution in [2.75, 3.05) is 6.54 Å². The van der Waals surface area contributed by atoms with E-state index in [0.29, 0.717) is 12.5 Å². The number of carboxylic acid groups (broad SMARTS) is 1. The zero-order chi connectivity index (χ0) is 12.0. The molecule has 16 heavy (non-hydrogen) atoms. The van der Waals surface area contributed by atoms with Gasteiger partial charge in [-0.25, -0.2) is 0 Å². The molecule has 1 rings (SSSR count). The van der Waals surface area contributed by atoms with E-state index in [9.17, 15) is 4.79 Å². The van der Waals surface area contributed by atoms with Gasteiger partial charge in [-0.1, -0.05) is 26.2 Å². The Morgan fingerprint density at radius 2 is 2.25 bits per heavy atom. The summed E-state index contributed by atoms with van der Waals surface area (Å²) >= 11 is 0. The maximum atomic E-state index is 10.8. The minimum absolute atomic E-state index is 0.286. The summed E-state index contributed by atoms with van der Waals surface area (Å²) in [4.78, 5) is 13.2. The normalized spacial score (nSPS) is 23.5. The van der Waals surface area contributed by atoms with E-state index in [4.69, 9.17) is 5.11 Å². The Hall–Kier alpha value is -0.570. The molecule has 0 radical (unpaired) electrons. The van der Waals surface area contributed by atoms with Gasteiger partial charge in [-0.2, -0.15) is 0 Å². The second-order valence-corrected chi connectivity index (χ2v) is 4.98. The fraction of sp³-hybridized carbons (Fsp3) is 0.923. The Morgan fingerprint density at radius 3 is 2.88 bits per heavy atom. The van der Waals surface area contributed by atoms with Crippen molar-refractivity contribution >= 4 is 5.97 Å². The van der Waals surface area contributed by atoms with Gasteiger partial charge in [0.05, 0.1) is 6.42 Å². The number of likely N-dealkylation sites (tertiary alicyclic amines) is 1. The molecule has 1 fully saturated rings.